The summed E-state index contributed by atoms with van der Waals surface area (Å²) in [5.74, 6) is 0. The number of halogens is 12. The van der Waals surface area contributed by atoms with Crippen molar-refractivity contribution in [3.8, 4) is 0 Å². The number of fused-ring (bicyclic) bond motifs is 3. The average Bonchev–Trinajstić information content (AvgIpc) is 1.71. The van der Waals surface area contributed by atoms with E-state index in [0.717, 1.165) is 57.3 Å². The molecule has 0 aliphatic carbocycles. The number of H-pyrrole nitrogens is 1. The van der Waals surface area contributed by atoms with E-state index in [1.54, 1.807) is 6.33 Å². The molecule has 4 aromatic heterocycles. The highest BCUT2D eigenvalue weighted by Gasteiger charge is 2.22. The molecule has 10 aromatic rings. The summed E-state index contributed by atoms with van der Waals surface area (Å²) in [4.78, 5) is 10.2. The van der Waals surface area contributed by atoms with Gasteiger partial charge in [-0.2, -0.15) is 0 Å². The fourth-order valence-electron chi connectivity index (χ4n) is 12.9. The van der Waals surface area contributed by atoms with Gasteiger partial charge in [0.05, 0.1) is 25.7 Å². The number of rotatable bonds is 44. The highest BCUT2D eigenvalue weighted by atomic mass is 79.9. The van der Waals surface area contributed by atoms with Crippen molar-refractivity contribution in [3.05, 3.63) is 211 Å². The Bertz CT molecular complexity index is 3760. The second-order valence-corrected chi connectivity index (χ2v) is 32.5. The van der Waals surface area contributed by atoms with Crippen molar-refractivity contribution >= 4 is 157 Å². The topological polar surface area (TPSA) is 64.1 Å². The van der Waals surface area contributed by atoms with E-state index < -0.39 is 0 Å². The van der Waals surface area contributed by atoms with Gasteiger partial charge >= 0.3 is 0 Å². The second kappa shape index (κ2) is 63.4. The van der Waals surface area contributed by atoms with Crippen molar-refractivity contribution < 1.29 is 43.1 Å². The molecule has 0 saturated carbocycles. The third-order valence-electron chi connectivity index (χ3n) is 19.2. The van der Waals surface area contributed by atoms with Gasteiger partial charge in [0.25, 0.3) is 20.6 Å². The van der Waals surface area contributed by atoms with Gasteiger partial charge in [-0.3, -0.25) is 0 Å². The molecule has 0 amide bonds. The summed E-state index contributed by atoms with van der Waals surface area (Å²) in [6, 6.07) is 44.9. The van der Waals surface area contributed by atoms with E-state index in [1.165, 1.54) is 273 Å². The van der Waals surface area contributed by atoms with Crippen molar-refractivity contribution in [3.63, 3.8) is 0 Å². The van der Waals surface area contributed by atoms with Gasteiger partial charge in [0, 0.05) is 17.2 Å². The summed E-state index contributed by atoms with van der Waals surface area (Å²) in [6.45, 7) is 13.3. The molecular formula is C89H124Br4Cl8N8. The molecule has 0 radical (unpaired) electrons. The van der Waals surface area contributed by atoms with Gasteiger partial charge in [0.15, 0.2) is 10.3 Å². The van der Waals surface area contributed by atoms with Crippen LogP contribution >= 0.6 is 125 Å². The van der Waals surface area contributed by atoms with Gasteiger partial charge in [-0.1, -0.05) is 414 Å². The Hall–Kier alpha value is -2.82. The van der Waals surface area contributed by atoms with Crippen LogP contribution < -0.4 is 43.1 Å². The molecule has 0 bridgehead atoms. The van der Waals surface area contributed by atoms with Crippen LogP contribution in [0.25, 0.3) is 32.3 Å². The first kappa shape index (κ1) is 100. The Morgan fingerprint density at radius 1 is 0.330 bits per heavy atom. The van der Waals surface area contributed by atoms with Gasteiger partial charge in [0.1, 0.15) is 23.4 Å². The van der Waals surface area contributed by atoms with E-state index in [9.17, 15) is 0 Å². The summed E-state index contributed by atoms with van der Waals surface area (Å²) < 4.78 is 10.2. The zero-order chi connectivity index (χ0) is 76.9. The van der Waals surface area contributed by atoms with Crippen LogP contribution in [0.5, 0.6) is 0 Å². The highest BCUT2D eigenvalue weighted by Crippen LogP contribution is 2.26. The van der Waals surface area contributed by atoms with Gasteiger partial charge in [-0.15, -0.1) is 0 Å². The van der Waals surface area contributed by atoms with Crippen LogP contribution in [-0.2, 0) is 38.1 Å². The van der Waals surface area contributed by atoms with E-state index in [2.05, 4.69) is 224 Å². The maximum atomic E-state index is 6.52. The number of alkyl halides is 2. The zero-order valence-electron chi connectivity index (χ0n) is 65.5. The van der Waals surface area contributed by atoms with Crippen LogP contribution in [0, 0.1) is 0 Å². The van der Waals surface area contributed by atoms with Gasteiger partial charge in [-0.05, 0) is 146 Å². The van der Waals surface area contributed by atoms with Crippen LogP contribution in [0.2, 0.25) is 41.2 Å². The van der Waals surface area contributed by atoms with Crippen molar-refractivity contribution in [1.82, 2.24) is 28.7 Å². The van der Waals surface area contributed by atoms with Crippen molar-refractivity contribution in [2.24, 2.45) is 0 Å². The monoisotopic (exact) mass is 1900 g/mol. The largest absolute Gasteiger partial charge is 1.00 e. The summed E-state index contributed by atoms with van der Waals surface area (Å²) >= 11 is 55.4. The predicted octanol–water partition coefficient (Wildman–Crippen LogP) is 25.7. The Balaban J connectivity index is 0.000000358. The van der Waals surface area contributed by atoms with Crippen LogP contribution in [0.3, 0.4) is 0 Å². The number of aromatic nitrogens is 8. The van der Waals surface area contributed by atoms with Crippen LogP contribution in [-0.4, -0.2) is 34.0 Å². The fourth-order valence-corrected chi connectivity index (χ4v) is 15.1. The minimum atomic E-state index is 0. The number of nitrogens with one attached hydrogen (secondary N) is 1. The summed E-state index contributed by atoms with van der Waals surface area (Å²) in [5, 5.41) is 14.0. The van der Waals surface area contributed by atoms with Gasteiger partial charge in [-0.25, -0.2) is 28.2 Å². The number of hydrogen-bond donors (Lipinski definition) is 1. The molecule has 0 aliphatic rings. The summed E-state index contributed by atoms with van der Waals surface area (Å²) in [6.07, 6.45) is 56.0. The molecule has 20 heteroatoms. The Labute approximate surface area is 734 Å². The standard InChI is InChI=1S/2C25H33Cl2N2.C14H24Cl2N2.C11H9Br.C11H23Br.C3H2Cl2N2.2BrH/c2*1-2-3-4-5-6-7-8-9-12-17-28-20-29(25(27)24(28)26)19-21-15-16-22-13-10-11-14-23(22)18-21;1-2-3-4-5-6-7-8-9-10-11-18-12-17-13(15)14(18)16;12-8-9-5-6-10-3-1-2-4-11(10)7-9;1-2-3-4-5-6-7-8-9-10-11-12;4-2-3(5)7-1-6-2;;/h2*10-11,13-16,18,20H,2-9,12,17,19H2,1H3;12H,2-11H2,1H3;1-7H,8H2;2-11H2,1H3;1H,(H,6,7);2*1H/q2*+1;;;;;;/p-2. The third-order valence-corrected chi connectivity index (χ3v) is 23.7. The van der Waals surface area contributed by atoms with Crippen molar-refractivity contribution in [2.75, 3.05) is 5.33 Å². The molecule has 10 rings (SSSR count). The molecule has 1 N–H and O–H groups in total. The number of hydrogen-bond acceptors (Lipinski definition) is 2. The van der Waals surface area contributed by atoms with E-state index in [0.29, 0.717) is 41.2 Å². The quantitative estimate of drug-likeness (QED) is 0.0235. The molecule has 0 aliphatic heterocycles. The molecule has 0 spiro atoms. The van der Waals surface area contributed by atoms with Crippen LogP contribution in [0.4, 0.5) is 0 Å². The predicted molar refractivity (Wildman–Crippen MR) is 476 cm³/mol. The molecule has 6 aromatic carbocycles. The van der Waals surface area contributed by atoms with Gasteiger partial charge < -0.3 is 43.5 Å². The van der Waals surface area contributed by atoms with E-state index in [1.807, 2.05) is 13.7 Å². The molecule has 0 saturated heterocycles. The van der Waals surface area contributed by atoms with Crippen molar-refractivity contribution in [1.29, 1.82) is 0 Å². The van der Waals surface area contributed by atoms with E-state index >= 15 is 0 Å². The number of benzene rings is 6. The molecule has 8 nitrogen and oxygen atoms in total. The SMILES string of the molecule is BrCc1ccc2ccccc2c1.CCCCCCCCCCCBr.CCCCCCCCCCCn1c[n+](Cc2ccc3ccccc3c2)c(Cl)c1Cl.CCCCCCCCCCCn1c[n+](Cc2ccc3ccccc3c2)c(Cl)c1Cl.CCCCCCCCCCCn1cnc(Cl)c1Cl.Clc1nc[nH]c1Cl.[Br-].[Br-]. The molecule has 604 valence electrons. The first-order valence-corrected chi connectivity index (χ1v) is 45.6. The number of aromatic amines is 1. The summed E-state index contributed by atoms with van der Waals surface area (Å²) in [5.41, 5.74) is 3.79. The maximum absolute atomic E-state index is 6.52. The normalized spacial score (nSPS) is 10.8. The minimum Gasteiger partial charge on any atom is -1.00 e. The Morgan fingerprint density at radius 2 is 0.633 bits per heavy atom. The smallest absolute Gasteiger partial charge is 0.255 e. The lowest BCUT2D eigenvalue weighted by atomic mass is 10.1. The first-order valence-electron chi connectivity index (χ1n) is 40.4. The molecule has 109 heavy (non-hydrogen) atoms. The fraction of sp³-hybridized carbons (Fsp3) is 0.528. The highest BCUT2D eigenvalue weighted by molar-refractivity contribution is 9.09. The average molecular weight is 1910 g/mol. The van der Waals surface area contributed by atoms with E-state index in [4.69, 9.17) is 92.8 Å². The first-order chi connectivity index (χ1) is 52.2. The minimum absolute atomic E-state index is 0. The van der Waals surface area contributed by atoms with E-state index in [-0.39, 0.29) is 34.0 Å². The number of nitrogens with zero attached hydrogens (tertiary/aromatic N) is 7. The molecule has 0 fully saturated rings. The third kappa shape index (κ3) is 41.5. The van der Waals surface area contributed by atoms with Crippen LogP contribution in [0.1, 0.15) is 276 Å². The number of aryl methyl sites for hydroxylation is 3. The lowest BCUT2D eigenvalue weighted by Crippen LogP contribution is -3.00. The zero-order valence-corrected chi connectivity index (χ0v) is 77.9. The molecule has 0 unspecified atom stereocenters. The Kier molecular flexibility index (Phi) is 58.4. The molecule has 0 atom stereocenters. The number of imidazole rings is 4. The summed E-state index contributed by atoms with van der Waals surface area (Å²) in [7, 11) is 0. The lowest BCUT2D eigenvalue weighted by molar-refractivity contribution is -0.685. The van der Waals surface area contributed by atoms with Crippen LogP contribution in [0.15, 0.2) is 153 Å². The molecule has 4 heterocycles. The molecular weight excluding hydrogens is 1780 g/mol. The van der Waals surface area contributed by atoms with Crippen molar-refractivity contribution in [2.45, 2.75) is 297 Å². The maximum Gasteiger partial charge on any atom is 0.255 e. The number of unbranched alkanes of at least 4 members (excludes halogenated alkanes) is 32. The Morgan fingerprint density at radius 3 is 0.917 bits per heavy atom. The lowest BCUT2D eigenvalue weighted by Gasteiger charge is -2.04. The van der Waals surface area contributed by atoms with Gasteiger partial charge in [0.2, 0.25) is 12.7 Å². The second-order valence-electron chi connectivity index (χ2n) is 28.2.